The lowest BCUT2D eigenvalue weighted by molar-refractivity contribution is -0.144. The zero-order chi connectivity index (χ0) is 20.5. The average Bonchev–Trinajstić information content (AvgIpc) is 2.96. The van der Waals surface area contributed by atoms with E-state index in [0.29, 0.717) is 13.2 Å². The van der Waals surface area contributed by atoms with Crippen molar-refractivity contribution < 1.29 is 19.1 Å². The van der Waals surface area contributed by atoms with Gasteiger partial charge in [0.25, 0.3) is 5.91 Å². The van der Waals surface area contributed by atoms with Crippen LogP contribution in [0.15, 0.2) is 11.6 Å². The largest absolute Gasteiger partial charge is 0.451 e. The molecule has 1 aliphatic rings. The highest BCUT2D eigenvalue weighted by Crippen LogP contribution is 2.19. The number of aryl methyl sites for hydroxylation is 1. The Morgan fingerprint density at radius 1 is 1.32 bits per heavy atom. The number of nitrogens with zero attached hydrogens (tertiary/aromatic N) is 2. The maximum absolute atomic E-state index is 12.2. The fourth-order valence-electron chi connectivity index (χ4n) is 3.52. The minimum atomic E-state index is -0.789. The first kappa shape index (κ1) is 21.7. The minimum Gasteiger partial charge on any atom is -0.451 e. The van der Waals surface area contributed by atoms with Crippen molar-refractivity contribution in [1.29, 1.82) is 5.26 Å². The molecule has 1 aromatic rings. The van der Waals surface area contributed by atoms with Gasteiger partial charge in [-0.25, -0.2) is 4.79 Å². The first-order valence-corrected chi connectivity index (χ1v) is 9.70. The van der Waals surface area contributed by atoms with E-state index in [0.717, 1.165) is 42.6 Å². The van der Waals surface area contributed by atoms with Gasteiger partial charge in [-0.15, -0.1) is 0 Å². The van der Waals surface area contributed by atoms with Crippen LogP contribution >= 0.6 is 0 Å². The predicted octanol–water partition coefficient (Wildman–Crippen LogP) is 2.65. The molecule has 0 aromatic carbocycles. The summed E-state index contributed by atoms with van der Waals surface area (Å²) in [5.74, 6) is -1.11. The molecule has 0 bridgehead atoms. The lowest BCUT2D eigenvalue weighted by atomic mass is 9.95. The molecule has 1 fully saturated rings. The van der Waals surface area contributed by atoms with Crippen LogP contribution < -0.4 is 5.32 Å². The van der Waals surface area contributed by atoms with Crippen molar-refractivity contribution in [3.8, 4) is 6.07 Å². The third-order valence-corrected chi connectivity index (χ3v) is 5.08. The van der Waals surface area contributed by atoms with E-state index in [1.54, 1.807) is 7.11 Å². The number of esters is 1. The number of aromatic nitrogens is 1. The third kappa shape index (κ3) is 5.96. The molecule has 2 rings (SSSR count). The van der Waals surface area contributed by atoms with E-state index in [4.69, 9.17) is 9.47 Å². The third-order valence-electron chi connectivity index (χ3n) is 5.08. The Hall–Kier alpha value is -2.59. The molecule has 7 nitrogen and oxygen atoms in total. The molecule has 0 radical (unpaired) electrons. The number of hydrogen-bond donors (Lipinski definition) is 1. The number of amides is 1. The zero-order valence-corrected chi connectivity index (χ0v) is 16.9. The van der Waals surface area contributed by atoms with Gasteiger partial charge in [0.05, 0.1) is 6.61 Å². The van der Waals surface area contributed by atoms with Crippen molar-refractivity contribution in [1.82, 2.24) is 9.88 Å². The van der Waals surface area contributed by atoms with Crippen molar-refractivity contribution >= 4 is 18.0 Å². The van der Waals surface area contributed by atoms with Crippen LogP contribution in [0.2, 0.25) is 0 Å². The summed E-state index contributed by atoms with van der Waals surface area (Å²) < 4.78 is 12.2. The predicted molar refractivity (Wildman–Crippen MR) is 105 cm³/mol. The van der Waals surface area contributed by atoms with Gasteiger partial charge in [-0.2, -0.15) is 5.26 Å². The first-order chi connectivity index (χ1) is 13.5. The molecule has 0 saturated heterocycles. The van der Waals surface area contributed by atoms with Gasteiger partial charge in [0, 0.05) is 31.1 Å². The quantitative estimate of drug-likeness (QED) is 0.420. The van der Waals surface area contributed by atoms with Gasteiger partial charge in [0.15, 0.2) is 6.61 Å². The Bertz CT molecular complexity index is 767. The Morgan fingerprint density at radius 3 is 2.68 bits per heavy atom. The molecule has 1 aromatic heterocycles. The zero-order valence-electron chi connectivity index (χ0n) is 16.9. The molecule has 1 saturated carbocycles. The first-order valence-electron chi connectivity index (χ1n) is 9.70. The topological polar surface area (TPSA) is 93.3 Å². The van der Waals surface area contributed by atoms with Gasteiger partial charge in [0.2, 0.25) is 0 Å². The van der Waals surface area contributed by atoms with Crippen molar-refractivity contribution in [2.75, 3.05) is 20.3 Å². The van der Waals surface area contributed by atoms with Gasteiger partial charge < -0.3 is 19.4 Å². The summed E-state index contributed by atoms with van der Waals surface area (Å²) in [7, 11) is 1.64. The van der Waals surface area contributed by atoms with E-state index < -0.39 is 5.97 Å². The lowest BCUT2D eigenvalue weighted by Crippen LogP contribution is -2.38. The number of nitrogens with one attached hydrogen (secondary N) is 1. The Kier molecular flexibility index (Phi) is 8.27. The fraction of sp³-hybridized carbons (Fsp3) is 0.571. The van der Waals surface area contributed by atoms with Gasteiger partial charge in [-0.05, 0) is 44.4 Å². The van der Waals surface area contributed by atoms with E-state index in [1.165, 1.54) is 12.5 Å². The normalized spacial score (nSPS) is 15.1. The van der Waals surface area contributed by atoms with Crippen LogP contribution in [0.3, 0.4) is 0 Å². The second-order valence-electron chi connectivity index (χ2n) is 7.12. The molecule has 1 heterocycles. The van der Waals surface area contributed by atoms with Gasteiger partial charge >= 0.3 is 5.97 Å². The molecule has 0 atom stereocenters. The summed E-state index contributed by atoms with van der Waals surface area (Å²) in [4.78, 5) is 24.2. The van der Waals surface area contributed by atoms with Crippen LogP contribution in [-0.2, 0) is 25.6 Å². The maximum atomic E-state index is 12.2. The molecule has 0 aliphatic heterocycles. The molecule has 28 heavy (non-hydrogen) atoms. The molecule has 1 N–H and O–H groups in total. The number of rotatable bonds is 8. The summed E-state index contributed by atoms with van der Waals surface area (Å²) in [6.07, 6.45) is 6.84. The molecule has 1 aliphatic carbocycles. The molecule has 0 spiro atoms. The lowest BCUT2D eigenvalue weighted by Gasteiger charge is -2.22. The highest BCUT2D eigenvalue weighted by Gasteiger charge is 2.18. The van der Waals surface area contributed by atoms with Crippen LogP contribution in [-0.4, -0.2) is 42.8 Å². The summed E-state index contributed by atoms with van der Waals surface area (Å²) in [5.41, 5.74) is 2.59. The summed E-state index contributed by atoms with van der Waals surface area (Å²) in [6.45, 7) is 4.77. The Labute approximate surface area is 166 Å². The summed E-state index contributed by atoms with van der Waals surface area (Å²) >= 11 is 0. The van der Waals surface area contributed by atoms with E-state index in [-0.39, 0.29) is 24.1 Å². The van der Waals surface area contributed by atoms with E-state index in [9.17, 15) is 14.9 Å². The Balaban J connectivity index is 1.97. The highest BCUT2D eigenvalue weighted by atomic mass is 16.5. The molecular weight excluding hydrogens is 358 g/mol. The number of carbonyl (C=O) groups excluding carboxylic acids is 2. The van der Waals surface area contributed by atoms with Crippen LogP contribution in [0.1, 0.15) is 49.1 Å². The Morgan fingerprint density at radius 2 is 2.04 bits per heavy atom. The number of hydrogen-bond acceptors (Lipinski definition) is 5. The monoisotopic (exact) mass is 387 g/mol. The maximum Gasteiger partial charge on any atom is 0.349 e. The standard InChI is InChI=1S/C21H29N3O4/c1-15-11-17(16(2)24(15)9-10-27-3)12-18(13-22)21(26)28-14-20(25)23-19-7-5-4-6-8-19/h11-12,19H,4-10,14H2,1-3H3,(H,23,25)/b18-12+. The fourth-order valence-corrected chi connectivity index (χ4v) is 3.52. The number of nitriles is 1. The molecule has 1 amide bonds. The minimum absolute atomic E-state index is 0.127. The van der Waals surface area contributed by atoms with E-state index >= 15 is 0 Å². The summed E-state index contributed by atoms with van der Waals surface area (Å²) in [5, 5.41) is 12.2. The van der Waals surface area contributed by atoms with Gasteiger partial charge in [0.1, 0.15) is 11.6 Å². The van der Waals surface area contributed by atoms with Crippen molar-refractivity contribution in [2.45, 2.75) is 58.5 Å². The second kappa shape index (κ2) is 10.7. The van der Waals surface area contributed by atoms with Crippen molar-refractivity contribution in [2.24, 2.45) is 0 Å². The molecule has 0 unspecified atom stereocenters. The highest BCUT2D eigenvalue weighted by molar-refractivity contribution is 5.99. The van der Waals surface area contributed by atoms with E-state index in [1.807, 2.05) is 26.0 Å². The van der Waals surface area contributed by atoms with Crippen molar-refractivity contribution in [3.05, 3.63) is 28.6 Å². The smallest absolute Gasteiger partial charge is 0.349 e. The van der Waals surface area contributed by atoms with Gasteiger partial charge in [-0.1, -0.05) is 19.3 Å². The average molecular weight is 387 g/mol. The van der Waals surface area contributed by atoms with Crippen LogP contribution in [0.5, 0.6) is 0 Å². The number of ether oxygens (including phenoxy) is 2. The molecule has 7 heteroatoms. The SMILES string of the molecule is COCCn1c(C)cc(/C=C(\C#N)C(=O)OCC(=O)NC2CCCCC2)c1C. The van der Waals surface area contributed by atoms with E-state index in [2.05, 4.69) is 9.88 Å². The van der Waals surface area contributed by atoms with Crippen molar-refractivity contribution in [3.63, 3.8) is 0 Å². The van der Waals surface area contributed by atoms with Crippen LogP contribution in [0.4, 0.5) is 0 Å². The number of methoxy groups -OCH3 is 1. The number of carbonyl (C=O) groups is 2. The van der Waals surface area contributed by atoms with Crippen LogP contribution in [0.25, 0.3) is 6.08 Å². The molecule has 152 valence electrons. The van der Waals surface area contributed by atoms with Crippen LogP contribution in [0, 0.1) is 25.2 Å². The molecular formula is C21H29N3O4. The summed E-state index contributed by atoms with van der Waals surface area (Å²) in [6, 6.07) is 3.94. The second-order valence-corrected chi connectivity index (χ2v) is 7.12. The van der Waals surface area contributed by atoms with Gasteiger partial charge in [-0.3, -0.25) is 4.79 Å².